The normalized spacial score (nSPS) is 44.9. The van der Waals surface area contributed by atoms with Crippen LogP contribution >= 0.6 is 0 Å². The number of hydrogen-bond donors (Lipinski definition) is 0. The van der Waals surface area contributed by atoms with Gasteiger partial charge in [-0.3, -0.25) is 0 Å². The van der Waals surface area contributed by atoms with E-state index >= 15 is 0 Å². The summed E-state index contributed by atoms with van der Waals surface area (Å²) in [5, 5.41) is 0. The molecule has 0 amide bonds. The van der Waals surface area contributed by atoms with Crippen LogP contribution in [0, 0.1) is 23.2 Å². The first-order valence-corrected chi connectivity index (χ1v) is 7.61. The van der Waals surface area contributed by atoms with Crippen LogP contribution in [0.3, 0.4) is 0 Å². The summed E-state index contributed by atoms with van der Waals surface area (Å²) in [6.07, 6.45) is 25.0. The predicted molar refractivity (Wildman–Crippen MR) is 76.1 cm³/mol. The van der Waals surface area contributed by atoms with E-state index in [1.807, 2.05) is 0 Å². The molecule has 0 radical (unpaired) electrons. The highest BCUT2D eigenvalue weighted by atomic mass is 14.6. The van der Waals surface area contributed by atoms with Crippen LogP contribution in [-0.2, 0) is 0 Å². The maximum absolute atomic E-state index is 2.51. The molecule has 4 atom stereocenters. The van der Waals surface area contributed by atoms with Gasteiger partial charge in [-0.2, -0.15) is 0 Å². The molecule has 0 nitrogen and oxygen atoms in total. The third-order valence-electron chi connectivity index (χ3n) is 5.87. The third-order valence-corrected chi connectivity index (χ3v) is 5.87. The Bertz CT molecular complexity index is 462. The molecule has 4 rings (SSSR count). The molecular weight excluding hydrogens is 216 g/mol. The van der Waals surface area contributed by atoms with Gasteiger partial charge in [0.25, 0.3) is 0 Å². The molecule has 4 aliphatic rings. The van der Waals surface area contributed by atoms with Gasteiger partial charge in [0.15, 0.2) is 0 Å². The number of fused-ring (bicyclic) bond motifs is 3. The fraction of sp³-hybridized carbons (Fsp3) is 0.556. The van der Waals surface area contributed by atoms with Gasteiger partial charge in [0.2, 0.25) is 0 Å². The van der Waals surface area contributed by atoms with Gasteiger partial charge in [0, 0.05) is 0 Å². The van der Waals surface area contributed by atoms with Crippen molar-refractivity contribution in [3.05, 3.63) is 48.1 Å². The van der Waals surface area contributed by atoms with Crippen LogP contribution in [0.2, 0.25) is 0 Å². The summed E-state index contributed by atoms with van der Waals surface area (Å²) >= 11 is 0. The van der Waals surface area contributed by atoms with Crippen molar-refractivity contribution in [1.82, 2.24) is 0 Å². The Balaban J connectivity index is 1.75. The predicted octanol–water partition coefficient (Wildman–Crippen LogP) is 4.81. The molecule has 0 aliphatic heterocycles. The van der Waals surface area contributed by atoms with E-state index in [1.54, 1.807) is 5.57 Å². The molecule has 0 N–H and O–H groups in total. The van der Waals surface area contributed by atoms with Crippen LogP contribution in [0.25, 0.3) is 0 Å². The van der Waals surface area contributed by atoms with Crippen LogP contribution in [0.1, 0.15) is 38.5 Å². The van der Waals surface area contributed by atoms with E-state index in [1.165, 1.54) is 38.5 Å². The Morgan fingerprint density at radius 3 is 2.89 bits per heavy atom. The molecule has 0 bridgehead atoms. The Labute approximate surface area is 110 Å². The molecule has 0 saturated heterocycles. The highest BCUT2D eigenvalue weighted by molar-refractivity contribution is 5.35. The molecule has 94 valence electrons. The zero-order valence-electron chi connectivity index (χ0n) is 11.0. The van der Waals surface area contributed by atoms with E-state index in [0.29, 0.717) is 5.41 Å². The molecule has 4 aliphatic carbocycles. The first-order valence-electron chi connectivity index (χ1n) is 7.61. The minimum Gasteiger partial charge on any atom is -0.0808 e. The van der Waals surface area contributed by atoms with E-state index in [0.717, 1.165) is 17.8 Å². The van der Waals surface area contributed by atoms with Crippen molar-refractivity contribution in [2.75, 3.05) is 0 Å². The molecule has 2 saturated carbocycles. The molecular formula is C18H22. The molecule has 0 aromatic heterocycles. The number of rotatable bonds is 1. The Morgan fingerprint density at radius 2 is 2.00 bits per heavy atom. The van der Waals surface area contributed by atoms with Crippen LogP contribution in [0.5, 0.6) is 0 Å². The Kier molecular flexibility index (Phi) is 2.40. The smallest absolute Gasteiger partial charge is 0.00420 e. The first kappa shape index (κ1) is 10.8. The van der Waals surface area contributed by atoms with Gasteiger partial charge in [-0.15, -0.1) is 0 Å². The van der Waals surface area contributed by atoms with Crippen molar-refractivity contribution in [3.63, 3.8) is 0 Å². The Morgan fingerprint density at radius 1 is 1.06 bits per heavy atom. The second-order valence-electron chi connectivity index (χ2n) is 6.55. The lowest BCUT2D eigenvalue weighted by Crippen LogP contribution is -2.33. The molecule has 18 heavy (non-hydrogen) atoms. The maximum atomic E-state index is 2.51. The van der Waals surface area contributed by atoms with E-state index in [2.05, 4.69) is 42.5 Å². The summed E-state index contributed by atoms with van der Waals surface area (Å²) in [5.41, 5.74) is 2.30. The van der Waals surface area contributed by atoms with Gasteiger partial charge in [-0.25, -0.2) is 0 Å². The lowest BCUT2D eigenvalue weighted by Gasteiger charge is -2.42. The monoisotopic (exact) mass is 238 g/mol. The lowest BCUT2D eigenvalue weighted by molar-refractivity contribution is 0.153. The van der Waals surface area contributed by atoms with Crippen molar-refractivity contribution in [1.29, 1.82) is 0 Å². The molecule has 0 aromatic rings. The van der Waals surface area contributed by atoms with Crippen LogP contribution in [-0.4, -0.2) is 0 Å². The van der Waals surface area contributed by atoms with Gasteiger partial charge in [0.05, 0.1) is 0 Å². The highest BCUT2D eigenvalue weighted by Crippen LogP contribution is 2.63. The molecule has 4 unspecified atom stereocenters. The second kappa shape index (κ2) is 3.98. The van der Waals surface area contributed by atoms with E-state index in [9.17, 15) is 0 Å². The molecule has 2 fully saturated rings. The van der Waals surface area contributed by atoms with Crippen LogP contribution < -0.4 is 0 Å². The van der Waals surface area contributed by atoms with Gasteiger partial charge in [-0.05, 0) is 48.9 Å². The SMILES string of the molecule is C1=CCC(C23CCCCC2C2C=CC=CC2C3)=C1. The van der Waals surface area contributed by atoms with Crippen LogP contribution in [0.15, 0.2) is 48.1 Å². The fourth-order valence-electron chi connectivity index (χ4n) is 5.15. The first-order chi connectivity index (χ1) is 8.90. The standard InChI is InChI=1S/C18H22/c1-4-10-16-14(7-1)13-18(15-8-2-3-9-15)12-6-5-11-17(16)18/h1-4,7-8,10,14,16-17H,5-6,9,11-13H2. The molecule has 0 aromatic carbocycles. The van der Waals surface area contributed by atoms with Crippen molar-refractivity contribution in [2.24, 2.45) is 23.2 Å². The third kappa shape index (κ3) is 1.38. The fourth-order valence-corrected chi connectivity index (χ4v) is 5.15. The molecule has 0 heterocycles. The summed E-state index contributed by atoms with van der Waals surface area (Å²) in [7, 11) is 0. The maximum Gasteiger partial charge on any atom is -0.00420 e. The van der Waals surface area contributed by atoms with E-state index in [4.69, 9.17) is 0 Å². The Hall–Kier alpha value is -1.04. The van der Waals surface area contributed by atoms with Crippen molar-refractivity contribution in [2.45, 2.75) is 38.5 Å². The van der Waals surface area contributed by atoms with Crippen LogP contribution in [0.4, 0.5) is 0 Å². The lowest BCUT2D eigenvalue weighted by atomic mass is 9.62. The summed E-state index contributed by atoms with van der Waals surface area (Å²) < 4.78 is 0. The zero-order chi connectivity index (χ0) is 12.0. The number of allylic oxidation sites excluding steroid dienone is 8. The zero-order valence-corrected chi connectivity index (χ0v) is 11.0. The quantitative estimate of drug-likeness (QED) is 0.615. The van der Waals surface area contributed by atoms with Crippen molar-refractivity contribution >= 4 is 0 Å². The molecule has 0 heteroatoms. The second-order valence-corrected chi connectivity index (χ2v) is 6.55. The molecule has 0 spiro atoms. The van der Waals surface area contributed by atoms with E-state index < -0.39 is 0 Å². The minimum absolute atomic E-state index is 0.552. The van der Waals surface area contributed by atoms with Gasteiger partial charge >= 0.3 is 0 Å². The van der Waals surface area contributed by atoms with Crippen molar-refractivity contribution < 1.29 is 0 Å². The summed E-state index contributed by atoms with van der Waals surface area (Å²) in [5.74, 6) is 2.57. The summed E-state index contributed by atoms with van der Waals surface area (Å²) in [6, 6.07) is 0. The topological polar surface area (TPSA) is 0 Å². The summed E-state index contributed by atoms with van der Waals surface area (Å²) in [6.45, 7) is 0. The largest absolute Gasteiger partial charge is 0.0808 e. The van der Waals surface area contributed by atoms with Crippen molar-refractivity contribution in [3.8, 4) is 0 Å². The average Bonchev–Trinajstić information content (AvgIpc) is 3.05. The minimum atomic E-state index is 0.552. The van der Waals surface area contributed by atoms with Gasteiger partial charge in [-0.1, -0.05) is 60.9 Å². The van der Waals surface area contributed by atoms with Gasteiger partial charge < -0.3 is 0 Å². The van der Waals surface area contributed by atoms with E-state index in [-0.39, 0.29) is 0 Å². The highest BCUT2D eigenvalue weighted by Gasteiger charge is 2.54. The average molecular weight is 238 g/mol. The van der Waals surface area contributed by atoms with Gasteiger partial charge in [0.1, 0.15) is 0 Å². The summed E-state index contributed by atoms with van der Waals surface area (Å²) in [4.78, 5) is 0. The number of hydrogen-bond acceptors (Lipinski definition) is 0.